The van der Waals surface area contributed by atoms with E-state index in [0.29, 0.717) is 6.10 Å². The summed E-state index contributed by atoms with van der Waals surface area (Å²) in [7, 11) is 1.98. The Labute approximate surface area is 123 Å². The van der Waals surface area contributed by atoms with Gasteiger partial charge >= 0.3 is 0 Å². The van der Waals surface area contributed by atoms with E-state index in [1.54, 1.807) is 11.3 Å². The Bertz CT molecular complexity index is 559. The maximum Gasteiger partial charge on any atom is 0.195 e. The van der Waals surface area contributed by atoms with Crippen molar-refractivity contribution in [1.82, 2.24) is 14.7 Å². The molecule has 0 bridgehead atoms. The second-order valence-electron chi connectivity index (χ2n) is 5.14. The summed E-state index contributed by atoms with van der Waals surface area (Å²) < 4.78 is 7.96. The molecule has 0 radical (unpaired) electrons. The van der Waals surface area contributed by atoms with Crippen LogP contribution in [0.15, 0.2) is 11.6 Å². The fourth-order valence-electron chi connectivity index (χ4n) is 2.81. The zero-order valence-corrected chi connectivity index (χ0v) is 12.9. The van der Waals surface area contributed by atoms with Gasteiger partial charge in [-0.25, -0.2) is 4.98 Å². The molecule has 3 rings (SSSR count). The Morgan fingerprint density at radius 2 is 2.50 bits per heavy atom. The standard InChI is InChI=1S/C14H22N4OS/c1-3-17(10-11-5-4-7-19-11)13-12(9-15-2)18-6-8-20-14(18)16-13/h6,8,11,15H,3-5,7,9-10H2,1-2H3. The van der Waals surface area contributed by atoms with E-state index in [9.17, 15) is 0 Å². The highest BCUT2D eigenvalue weighted by Crippen LogP contribution is 2.26. The minimum Gasteiger partial charge on any atom is -0.376 e. The predicted molar refractivity (Wildman–Crippen MR) is 82.7 cm³/mol. The van der Waals surface area contributed by atoms with Crippen molar-refractivity contribution in [2.45, 2.75) is 32.4 Å². The number of thiazole rings is 1. The summed E-state index contributed by atoms with van der Waals surface area (Å²) in [5.41, 5.74) is 1.24. The molecule has 2 aromatic heterocycles. The van der Waals surface area contributed by atoms with E-state index < -0.39 is 0 Å². The number of aromatic nitrogens is 2. The summed E-state index contributed by atoms with van der Waals surface area (Å²) in [4.78, 5) is 8.23. The van der Waals surface area contributed by atoms with E-state index >= 15 is 0 Å². The van der Waals surface area contributed by atoms with Crippen LogP contribution in [0.5, 0.6) is 0 Å². The molecule has 110 valence electrons. The number of anilines is 1. The third-order valence-corrected chi connectivity index (χ3v) is 4.57. The van der Waals surface area contributed by atoms with Crippen LogP contribution >= 0.6 is 11.3 Å². The smallest absolute Gasteiger partial charge is 0.195 e. The van der Waals surface area contributed by atoms with E-state index in [4.69, 9.17) is 9.72 Å². The molecule has 0 amide bonds. The van der Waals surface area contributed by atoms with Gasteiger partial charge in [0.15, 0.2) is 10.8 Å². The molecule has 0 spiro atoms. The van der Waals surface area contributed by atoms with Crippen LogP contribution in [-0.2, 0) is 11.3 Å². The quantitative estimate of drug-likeness (QED) is 0.886. The molecule has 6 heteroatoms. The molecular formula is C14H22N4OS. The van der Waals surface area contributed by atoms with Crippen molar-refractivity contribution in [2.75, 3.05) is 31.6 Å². The molecule has 2 aromatic rings. The van der Waals surface area contributed by atoms with Crippen molar-refractivity contribution in [3.8, 4) is 0 Å². The van der Waals surface area contributed by atoms with E-state index in [-0.39, 0.29) is 0 Å². The van der Waals surface area contributed by atoms with Crippen LogP contribution in [-0.4, -0.2) is 42.2 Å². The lowest BCUT2D eigenvalue weighted by Crippen LogP contribution is -2.33. The maximum atomic E-state index is 5.77. The van der Waals surface area contributed by atoms with E-state index in [1.165, 1.54) is 18.5 Å². The molecule has 1 saturated heterocycles. The van der Waals surface area contributed by atoms with Crippen molar-refractivity contribution in [2.24, 2.45) is 0 Å². The molecular weight excluding hydrogens is 272 g/mol. The average Bonchev–Trinajstić information content (AvgIpc) is 3.14. The fourth-order valence-corrected chi connectivity index (χ4v) is 3.53. The van der Waals surface area contributed by atoms with Crippen molar-refractivity contribution >= 4 is 22.1 Å². The van der Waals surface area contributed by atoms with Crippen molar-refractivity contribution in [1.29, 1.82) is 0 Å². The molecule has 0 aliphatic carbocycles. The number of rotatable bonds is 6. The van der Waals surface area contributed by atoms with Crippen LogP contribution < -0.4 is 10.2 Å². The number of hydrogen-bond acceptors (Lipinski definition) is 5. The van der Waals surface area contributed by atoms with Crippen LogP contribution in [0.25, 0.3) is 4.96 Å². The number of nitrogens with one attached hydrogen (secondary N) is 1. The molecule has 1 fully saturated rings. The van der Waals surface area contributed by atoms with E-state index in [2.05, 4.69) is 33.1 Å². The molecule has 1 aliphatic rings. The Balaban J connectivity index is 1.88. The molecule has 5 nitrogen and oxygen atoms in total. The summed E-state index contributed by atoms with van der Waals surface area (Å²) in [5, 5.41) is 5.34. The number of imidazole rings is 1. The second kappa shape index (κ2) is 6.11. The van der Waals surface area contributed by atoms with Gasteiger partial charge in [0.25, 0.3) is 0 Å². The molecule has 1 aliphatic heterocycles. The van der Waals surface area contributed by atoms with Gasteiger partial charge in [0.05, 0.1) is 11.8 Å². The van der Waals surface area contributed by atoms with Crippen LogP contribution in [0.4, 0.5) is 5.82 Å². The lowest BCUT2D eigenvalue weighted by atomic mass is 10.2. The molecule has 1 N–H and O–H groups in total. The Morgan fingerprint density at radius 3 is 3.20 bits per heavy atom. The topological polar surface area (TPSA) is 41.8 Å². The van der Waals surface area contributed by atoms with Crippen LogP contribution in [0, 0.1) is 0 Å². The molecule has 20 heavy (non-hydrogen) atoms. The Morgan fingerprint density at radius 1 is 1.60 bits per heavy atom. The highest BCUT2D eigenvalue weighted by atomic mass is 32.1. The third-order valence-electron chi connectivity index (χ3n) is 3.81. The highest BCUT2D eigenvalue weighted by Gasteiger charge is 2.23. The van der Waals surface area contributed by atoms with Gasteiger partial charge in [-0.2, -0.15) is 0 Å². The zero-order valence-electron chi connectivity index (χ0n) is 12.1. The van der Waals surface area contributed by atoms with Gasteiger partial charge in [0.2, 0.25) is 0 Å². The van der Waals surface area contributed by atoms with Crippen molar-refractivity contribution in [3.05, 3.63) is 17.3 Å². The van der Waals surface area contributed by atoms with Crippen LogP contribution in [0.3, 0.4) is 0 Å². The summed E-state index contributed by atoms with van der Waals surface area (Å²) in [6.07, 6.45) is 4.81. The number of ether oxygens (including phenoxy) is 1. The monoisotopic (exact) mass is 294 g/mol. The summed E-state index contributed by atoms with van der Waals surface area (Å²) in [5.74, 6) is 1.10. The minimum absolute atomic E-state index is 0.358. The normalized spacial score (nSPS) is 19.0. The summed E-state index contributed by atoms with van der Waals surface area (Å²) >= 11 is 1.68. The molecule has 0 aromatic carbocycles. The largest absolute Gasteiger partial charge is 0.376 e. The fraction of sp³-hybridized carbons (Fsp3) is 0.643. The SMILES string of the molecule is CCN(CC1CCCO1)c1nc2sccn2c1CNC. The minimum atomic E-state index is 0.358. The Hall–Kier alpha value is -1.11. The first-order valence-electron chi connectivity index (χ1n) is 7.29. The van der Waals surface area contributed by atoms with Gasteiger partial charge in [0.1, 0.15) is 0 Å². The molecule has 1 atom stereocenters. The van der Waals surface area contributed by atoms with Gasteiger partial charge in [-0.3, -0.25) is 4.40 Å². The maximum absolute atomic E-state index is 5.77. The predicted octanol–water partition coefficient (Wildman–Crippen LogP) is 2.12. The van der Waals surface area contributed by atoms with E-state index in [0.717, 1.165) is 37.0 Å². The second-order valence-corrected chi connectivity index (χ2v) is 6.01. The number of hydrogen-bond donors (Lipinski definition) is 1. The van der Waals surface area contributed by atoms with Crippen molar-refractivity contribution in [3.63, 3.8) is 0 Å². The number of likely N-dealkylation sites (N-methyl/N-ethyl adjacent to an activating group) is 1. The lowest BCUT2D eigenvalue weighted by Gasteiger charge is -2.25. The third kappa shape index (κ3) is 2.55. The van der Waals surface area contributed by atoms with Gasteiger partial charge in [-0.15, -0.1) is 11.3 Å². The molecule has 1 unspecified atom stereocenters. The first-order valence-corrected chi connectivity index (χ1v) is 8.17. The summed E-state index contributed by atoms with van der Waals surface area (Å²) in [6, 6.07) is 0. The van der Waals surface area contributed by atoms with Crippen molar-refractivity contribution < 1.29 is 4.74 Å². The Kier molecular flexibility index (Phi) is 4.24. The molecule has 3 heterocycles. The zero-order chi connectivity index (χ0) is 13.9. The number of nitrogens with zero attached hydrogens (tertiary/aromatic N) is 3. The highest BCUT2D eigenvalue weighted by molar-refractivity contribution is 7.15. The number of fused-ring (bicyclic) bond motifs is 1. The summed E-state index contributed by atoms with van der Waals surface area (Å²) in [6.45, 7) is 5.82. The van der Waals surface area contributed by atoms with Gasteiger partial charge in [0, 0.05) is 37.8 Å². The van der Waals surface area contributed by atoms with E-state index in [1.807, 2.05) is 7.05 Å². The van der Waals surface area contributed by atoms with Gasteiger partial charge < -0.3 is 15.0 Å². The van der Waals surface area contributed by atoms with Crippen LogP contribution in [0.1, 0.15) is 25.5 Å². The molecule has 0 saturated carbocycles. The lowest BCUT2D eigenvalue weighted by molar-refractivity contribution is 0.115. The van der Waals surface area contributed by atoms with Gasteiger partial charge in [-0.05, 0) is 26.8 Å². The first-order chi connectivity index (χ1) is 9.83. The van der Waals surface area contributed by atoms with Gasteiger partial charge in [-0.1, -0.05) is 0 Å². The van der Waals surface area contributed by atoms with Crippen LogP contribution in [0.2, 0.25) is 0 Å². The first kappa shape index (κ1) is 13.9. The average molecular weight is 294 g/mol.